The number of piperidine rings is 1. The Kier molecular flexibility index (Phi) is 3.20. The van der Waals surface area contributed by atoms with Gasteiger partial charge in [0.1, 0.15) is 0 Å². The van der Waals surface area contributed by atoms with Crippen LogP contribution < -0.4 is 0 Å². The highest BCUT2D eigenvalue weighted by Crippen LogP contribution is 2.28. The maximum atomic E-state index is 10.9. The number of hydrogen-bond acceptors (Lipinski definition) is 4. The lowest BCUT2D eigenvalue weighted by Crippen LogP contribution is -2.38. The van der Waals surface area contributed by atoms with Crippen LogP contribution in [0.15, 0.2) is 24.4 Å². The third-order valence-electron chi connectivity index (χ3n) is 3.87. The van der Waals surface area contributed by atoms with Gasteiger partial charge in [-0.3, -0.25) is 14.8 Å². The summed E-state index contributed by atoms with van der Waals surface area (Å²) in [6, 6.07) is 4.79. The van der Waals surface area contributed by atoms with Gasteiger partial charge in [0, 0.05) is 30.6 Å². The second-order valence-electron chi connectivity index (χ2n) is 5.09. The Bertz CT molecular complexity index is 703. The van der Waals surface area contributed by atoms with Crippen LogP contribution in [0.3, 0.4) is 0 Å². The quantitative estimate of drug-likeness (QED) is 0.675. The zero-order chi connectivity index (χ0) is 15.0. The van der Waals surface area contributed by atoms with Crippen LogP contribution in [0.5, 0.6) is 0 Å². The maximum Gasteiger partial charge on any atom is 0.407 e. The standard InChI is InChI=1S/C13H14N4O4/c18-13(19)15-5-3-10(4-6-15)16-12-2-1-11(17(20)21)7-9(12)8-14-16/h1-2,7-8,10H,3-6H2,(H,18,19). The van der Waals surface area contributed by atoms with Crippen molar-refractivity contribution in [1.29, 1.82) is 0 Å². The highest BCUT2D eigenvalue weighted by molar-refractivity contribution is 5.81. The van der Waals surface area contributed by atoms with Crippen LogP contribution in [-0.2, 0) is 0 Å². The van der Waals surface area contributed by atoms with Gasteiger partial charge in [0.2, 0.25) is 0 Å². The first-order valence-corrected chi connectivity index (χ1v) is 6.66. The maximum absolute atomic E-state index is 10.9. The van der Waals surface area contributed by atoms with E-state index in [4.69, 9.17) is 5.11 Å². The zero-order valence-corrected chi connectivity index (χ0v) is 11.2. The van der Waals surface area contributed by atoms with Crippen molar-refractivity contribution in [3.05, 3.63) is 34.5 Å². The minimum absolute atomic E-state index is 0.0442. The van der Waals surface area contributed by atoms with E-state index in [2.05, 4.69) is 5.10 Å². The number of non-ortho nitro benzene ring substituents is 1. The van der Waals surface area contributed by atoms with Crippen molar-refractivity contribution >= 4 is 22.7 Å². The molecule has 0 bridgehead atoms. The van der Waals surface area contributed by atoms with E-state index < -0.39 is 11.0 Å². The van der Waals surface area contributed by atoms with Crippen LogP contribution in [0.25, 0.3) is 10.9 Å². The molecule has 0 spiro atoms. The summed E-state index contributed by atoms with van der Waals surface area (Å²) in [4.78, 5) is 22.6. The van der Waals surface area contributed by atoms with E-state index in [1.807, 2.05) is 4.68 Å². The van der Waals surface area contributed by atoms with Crippen molar-refractivity contribution in [2.24, 2.45) is 0 Å². The summed E-state index contributed by atoms with van der Waals surface area (Å²) in [6.07, 6.45) is 2.11. The molecule has 1 aliphatic heterocycles. The number of likely N-dealkylation sites (tertiary alicyclic amines) is 1. The summed E-state index contributed by atoms with van der Waals surface area (Å²) in [7, 11) is 0. The molecular weight excluding hydrogens is 276 g/mol. The molecule has 110 valence electrons. The average Bonchev–Trinajstić information content (AvgIpc) is 2.90. The van der Waals surface area contributed by atoms with Gasteiger partial charge in [0.05, 0.1) is 22.7 Å². The monoisotopic (exact) mass is 290 g/mol. The Labute approximate surface area is 119 Å². The third kappa shape index (κ3) is 2.39. The summed E-state index contributed by atoms with van der Waals surface area (Å²) in [5, 5.41) is 24.8. The van der Waals surface area contributed by atoms with E-state index in [9.17, 15) is 14.9 Å². The van der Waals surface area contributed by atoms with Gasteiger partial charge in [0.15, 0.2) is 0 Å². The van der Waals surface area contributed by atoms with Gasteiger partial charge in [-0.05, 0) is 18.9 Å². The molecule has 1 aromatic heterocycles. The summed E-state index contributed by atoms with van der Waals surface area (Å²) in [6.45, 7) is 0.961. The number of carboxylic acid groups (broad SMARTS) is 1. The summed E-state index contributed by atoms with van der Waals surface area (Å²) in [5.41, 5.74) is 0.886. The van der Waals surface area contributed by atoms with Gasteiger partial charge < -0.3 is 10.0 Å². The highest BCUT2D eigenvalue weighted by atomic mass is 16.6. The molecule has 1 saturated heterocycles. The average molecular weight is 290 g/mol. The molecule has 1 amide bonds. The van der Waals surface area contributed by atoms with Crippen LogP contribution in [0, 0.1) is 10.1 Å². The molecule has 8 heteroatoms. The Morgan fingerprint density at radius 2 is 2.10 bits per heavy atom. The van der Waals surface area contributed by atoms with Gasteiger partial charge >= 0.3 is 6.09 Å². The first-order valence-electron chi connectivity index (χ1n) is 6.66. The Balaban J connectivity index is 1.85. The van der Waals surface area contributed by atoms with Crippen molar-refractivity contribution < 1.29 is 14.8 Å². The van der Waals surface area contributed by atoms with E-state index in [1.54, 1.807) is 12.3 Å². The molecule has 0 atom stereocenters. The molecule has 0 saturated carbocycles. The zero-order valence-electron chi connectivity index (χ0n) is 11.2. The van der Waals surface area contributed by atoms with Crippen molar-refractivity contribution in [2.45, 2.75) is 18.9 Å². The van der Waals surface area contributed by atoms with Crippen molar-refractivity contribution in [3.63, 3.8) is 0 Å². The van der Waals surface area contributed by atoms with E-state index in [0.29, 0.717) is 25.9 Å². The van der Waals surface area contributed by atoms with Crippen LogP contribution in [0.2, 0.25) is 0 Å². The largest absolute Gasteiger partial charge is 0.465 e. The lowest BCUT2D eigenvalue weighted by atomic mass is 10.1. The lowest BCUT2D eigenvalue weighted by Gasteiger charge is -2.30. The molecule has 3 rings (SSSR count). The Morgan fingerprint density at radius 1 is 1.38 bits per heavy atom. The molecule has 2 aromatic rings. The van der Waals surface area contributed by atoms with Gasteiger partial charge in [-0.15, -0.1) is 0 Å². The van der Waals surface area contributed by atoms with Gasteiger partial charge in [0.25, 0.3) is 5.69 Å². The van der Waals surface area contributed by atoms with Crippen LogP contribution >= 0.6 is 0 Å². The number of benzene rings is 1. The second kappa shape index (κ2) is 5.04. The predicted molar refractivity (Wildman–Crippen MR) is 74.3 cm³/mol. The Hall–Kier alpha value is -2.64. The topological polar surface area (TPSA) is 102 Å². The fraction of sp³-hybridized carbons (Fsp3) is 0.385. The number of nitro benzene ring substituents is 1. The third-order valence-corrected chi connectivity index (χ3v) is 3.87. The molecule has 1 N–H and O–H groups in total. The van der Waals surface area contributed by atoms with Crippen LogP contribution in [0.4, 0.5) is 10.5 Å². The van der Waals surface area contributed by atoms with E-state index >= 15 is 0 Å². The minimum Gasteiger partial charge on any atom is -0.465 e. The van der Waals surface area contributed by atoms with Crippen molar-refractivity contribution in [2.75, 3.05) is 13.1 Å². The number of nitro groups is 1. The SMILES string of the molecule is O=C(O)N1CCC(n2ncc3cc([N+](=O)[O-])ccc32)CC1. The first kappa shape index (κ1) is 13.3. The van der Waals surface area contributed by atoms with E-state index in [0.717, 1.165) is 10.9 Å². The van der Waals surface area contributed by atoms with E-state index in [-0.39, 0.29) is 11.7 Å². The number of carbonyl (C=O) groups is 1. The molecule has 0 radical (unpaired) electrons. The minimum atomic E-state index is -0.894. The number of fused-ring (bicyclic) bond motifs is 1. The molecule has 1 fully saturated rings. The first-order chi connectivity index (χ1) is 10.1. The molecule has 1 aromatic carbocycles. The van der Waals surface area contributed by atoms with Gasteiger partial charge in [-0.25, -0.2) is 4.79 Å². The van der Waals surface area contributed by atoms with Crippen molar-refractivity contribution in [1.82, 2.24) is 14.7 Å². The van der Waals surface area contributed by atoms with E-state index in [1.165, 1.54) is 17.0 Å². The molecule has 2 heterocycles. The van der Waals surface area contributed by atoms with Gasteiger partial charge in [-0.2, -0.15) is 5.10 Å². The number of hydrogen-bond donors (Lipinski definition) is 1. The van der Waals surface area contributed by atoms with Gasteiger partial charge in [-0.1, -0.05) is 0 Å². The summed E-state index contributed by atoms with van der Waals surface area (Å²) in [5.74, 6) is 0. The number of amides is 1. The second-order valence-corrected chi connectivity index (χ2v) is 5.09. The summed E-state index contributed by atoms with van der Waals surface area (Å²) >= 11 is 0. The normalized spacial score (nSPS) is 16.3. The van der Waals surface area contributed by atoms with Crippen molar-refractivity contribution in [3.8, 4) is 0 Å². The molecule has 8 nitrogen and oxygen atoms in total. The summed E-state index contributed by atoms with van der Waals surface area (Å²) < 4.78 is 1.85. The molecule has 0 unspecified atom stereocenters. The van der Waals surface area contributed by atoms with Crippen LogP contribution in [-0.4, -0.2) is 43.9 Å². The number of aromatic nitrogens is 2. The van der Waals surface area contributed by atoms with Crippen LogP contribution in [0.1, 0.15) is 18.9 Å². The smallest absolute Gasteiger partial charge is 0.407 e. The molecule has 21 heavy (non-hydrogen) atoms. The molecule has 0 aliphatic carbocycles. The lowest BCUT2D eigenvalue weighted by molar-refractivity contribution is -0.384. The molecule has 1 aliphatic rings. The highest BCUT2D eigenvalue weighted by Gasteiger charge is 2.25. The predicted octanol–water partition coefficient (Wildman–Crippen LogP) is 2.26. The fourth-order valence-electron chi connectivity index (χ4n) is 2.75. The molecular formula is C13H14N4O4. The number of nitrogens with zero attached hydrogens (tertiary/aromatic N) is 4. The Morgan fingerprint density at radius 3 is 2.71 bits per heavy atom. The fourth-order valence-corrected chi connectivity index (χ4v) is 2.75. The number of rotatable bonds is 2.